The number of rotatable bonds is 48. The number of Topliss-reactive ketones (excluding diaryl/α,β-unsaturated/α-hetero) is 3. The summed E-state index contributed by atoms with van der Waals surface area (Å²) in [5.74, 6) is -3.45. The van der Waals surface area contributed by atoms with Crippen molar-refractivity contribution in [2.45, 2.75) is 142 Å². The van der Waals surface area contributed by atoms with E-state index in [-0.39, 0.29) is 114 Å². The van der Waals surface area contributed by atoms with Crippen LogP contribution in [-0.4, -0.2) is 144 Å². The van der Waals surface area contributed by atoms with Gasteiger partial charge in [0.2, 0.25) is 11.8 Å². The molecule has 0 aromatic rings. The van der Waals surface area contributed by atoms with Crippen LogP contribution in [0.1, 0.15) is 142 Å². The van der Waals surface area contributed by atoms with Gasteiger partial charge >= 0.3 is 11.9 Å². The summed E-state index contributed by atoms with van der Waals surface area (Å²) in [5.41, 5.74) is 0. The lowest BCUT2D eigenvalue weighted by Crippen LogP contribution is -2.31. The maximum atomic E-state index is 12.4. The largest absolute Gasteiger partial charge is 0.481 e. The highest BCUT2D eigenvalue weighted by Crippen LogP contribution is 2.17. The maximum absolute atomic E-state index is 12.4. The van der Waals surface area contributed by atoms with Crippen molar-refractivity contribution in [1.82, 2.24) is 10.6 Å². The van der Waals surface area contributed by atoms with Gasteiger partial charge in [-0.25, -0.2) is 0 Å². The zero-order valence-corrected chi connectivity index (χ0v) is 37.0. The minimum atomic E-state index is -1.07. The Balaban J connectivity index is 3.62. The maximum Gasteiger partial charge on any atom is 0.306 e. The first-order valence-corrected chi connectivity index (χ1v) is 22.5. The van der Waals surface area contributed by atoms with Crippen LogP contribution in [0, 0.1) is 5.92 Å². The van der Waals surface area contributed by atoms with Gasteiger partial charge in [0, 0.05) is 51.8 Å². The fraction of sp³-hybridized carbons (Fsp3) is 0.841. The number of amides is 2. The average molecular weight is 875 g/mol. The summed E-state index contributed by atoms with van der Waals surface area (Å²) in [6.45, 7) is 4.44. The van der Waals surface area contributed by atoms with Crippen molar-refractivity contribution in [3.05, 3.63) is 0 Å². The molecule has 0 aromatic carbocycles. The van der Waals surface area contributed by atoms with Crippen LogP contribution in [0.25, 0.3) is 0 Å². The minimum absolute atomic E-state index is 0.00240. The second-order valence-electron chi connectivity index (χ2n) is 15.2. The van der Waals surface area contributed by atoms with E-state index >= 15 is 0 Å². The second-order valence-corrected chi connectivity index (χ2v) is 15.2. The van der Waals surface area contributed by atoms with E-state index < -0.39 is 17.9 Å². The Bertz CT molecular complexity index is 1170. The molecule has 61 heavy (non-hydrogen) atoms. The highest BCUT2D eigenvalue weighted by atomic mass is 16.5. The summed E-state index contributed by atoms with van der Waals surface area (Å²) >= 11 is 0. The van der Waals surface area contributed by atoms with Crippen molar-refractivity contribution in [2.75, 3.05) is 92.4 Å². The number of ether oxygens (including phenoxy) is 6. The molecule has 0 aliphatic carbocycles. The molecule has 0 rings (SSSR count). The van der Waals surface area contributed by atoms with Crippen LogP contribution in [0.5, 0.6) is 0 Å². The molecule has 0 radical (unpaired) electrons. The molecule has 4 N–H and O–H groups in total. The molecule has 0 unspecified atom stereocenters. The van der Waals surface area contributed by atoms with Crippen LogP contribution >= 0.6 is 0 Å². The second kappa shape index (κ2) is 43.3. The van der Waals surface area contributed by atoms with Crippen LogP contribution < -0.4 is 10.6 Å². The highest BCUT2D eigenvalue weighted by Gasteiger charge is 2.22. The SMILES string of the molecule is CC(=O)COCCOCCNC(=O)COCCOCCCC(=O)COCCOCCNC(=O)CC[C@H](CC(=O)CCCCCCCCCCCCCCCCC(=O)O)C(=O)O. The van der Waals surface area contributed by atoms with Crippen molar-refractivity contribution < 1.29 is 72.2 Å². The van der Waals surface area contributed by atoms with Crippen LogP contribution in [-0.2, 0) is 62.0 Å². The third-order valence-electron chi connectivity index (χ3n) is 9.44. The quantitative estimate of drug-likeness (QED) is 0.0587. The number of carbonyl (C=O) groups is 7. The van der Waals surface area contributed by atoms with Gasteiger partial charge in [0.25, 0.3) is 0 Å². The van der Waals surface area contributed by atoms with Gasteiger partial charge in [-0.15, -0.1) is 0 Å². The van der Waals surface area contributed by atoms with E-state index in [2.05, 4.69) is 10.6 Å². The van der Waals surface area contributed by atoms with E-state index in [0.717, 1.165) is 44.9 Å². The van der Waals surface area contributed by atoms with Crippen LogP contribution in [0.4, 0.5) is 0 Å². The van der Waals surface area contributed by atoms with E-state index in [4.69, 9.17) is 33.5 Å². The molecule has 0 aliphatic heterocycles. The number of hydrogen-bond acceptors (Lipinski definition) is 13. The average Bonchev–Trinajstić information content (AvgIpc) is 3.21. The molecule has 354 valence electrons. The van der Waals surface area contributed by atoms with Crippen molar-refractivity contribution in [3.8, 4) is 0 Å². The molecule has 2 amide bonds. The molecule has 0 bridgehead atoms. The number of aliphatic carboxylic acids is 2. The monoisotopic (exact) mass is 875 g/mol. The standard InChI is InChI=1S/C44H78N2O15/c1-37(47)34-59-30-28-58-26-23-46-42(51)36-61-32-27-56-24-16-18-40(49)35-60-31-29-57-25-22-45-41(50)21-20-38(44(54)55)33-39(48)17-14-12-10-8-6-4-2-3-5-7-9-11-13-15-19-43(52)53/h38H,2-36H2,1H3,(H,45,50)(H,46,51)(H,52,53)(H,54,55)/t38-/m1/s1. The van der Waals surface area contributed by atoms with E-state index in [0.29, 0.717) is 52.2 Å². The summed E-state index contributed by atoms with van der Waals surface area (Å²) in [7, 11) is 0. The van der Waals surface area contributed by atoms with Gasteiger partial charge in [0.1, 0.15) is 25.6 Å². The summed E-state index contributed by atoms with van der Waals surface area (Å²) in [6, 6.07) is 0. The molecule has 1 atom stereocenters. The third kappa shape index (κ3) is 44.5. The van der Waals surface area contributed by atoms with Gasteiger partial charge < -0.3 is 49.3 Å². The minimum Gasteiger partial charge on any atom is -0.481 e. The number of carboxylic acids is 2. The fourth-order valence-corrected chi connectivity index (χ4v) is 6.05. The van der Waals surface area contributed by atoms with Gasteiger partial charge in [-0.3, -0.25) is 33.6 Å². The first-order chi connectivity index (χ1) is 29.5. The molecule has 0 fully saturated rings. The van der Waals surface area contributed by atoms with Gasteiger partial charge in [-0.2, -0.15) is 0 Å². The molecule has 0 heterocycles. The summed E-state index contributed by atoms with van der Waals surface area (Å²) in [6.07, 6.45) is 16.8. The number of hydrogen-bond donors (Lipinski definition) is 4. The molecule has 17 nitrogen and oxygen atoms in total. The Morgan fingerprint density at radius 3 is 1.36 bits per heavy atom. The first kappa shape index (κ1) is 57.6. The predicted octanol–water partition coefficient (Wildman–Crippen LogP) is 5.02. The molecule has 0 saturated carbocycles. The molecule has 17 heteroatoms. The zero-order valence-electron chi connectivity index (χ0n) is 37.0. The molecule has 0 aliphatic rings. The Morgan fingerprint density at radius 2 is 0.852 bits per heavy atom. The van der Waals surface area contributed by atoms with Gasteiger partial charge in [0.05, 0.1) is 58.8 Å². The smallest absolute Gasteiger partial charge is 0.306 e. The van der Waals surface area contributed by atoms with Crippen molar-refractivity contribution >= 4 is 41.1 Å². The molecular formula is C44H78N2O15. The third-order valence-corrected chi connectivity index (χ3v) is 9.44. The summed E-state index contributed by atoms with van der Waals surface area (Å²) in [4.78, 5) is 81.4. The van der Waals surface area contributed by atoms with Crippen molar-refractivity contribution in [2.24, 2.45) is 5.92 Å². The normalized spacial score (nSPS) is 11.6. The zero-order chi connectivity index (χ0) is 45.0. The Hall–Kier alpha value is -3.35. The first-order valence-electron chi connectivity index (χ1n) is 22.5. The van der Waals surface area contributed by atoms with Gasteiger partial charge in [-0.05, 0) is 32.6 Å². The van der Waals surface area contributed by atoms with Crippen molar-refractivity contribution in [1.29, 1.82) is 0 Å². The van der Waals surface area contributed by atoms with E-state index in [1.165, 1.54) is 51.9 Å². The summed E-state index contributed by atoms with van der Waals surface area (Å²) in [5, 5.41) is 23.6. The van der Waals surface area contributed by atoms with Gasteiger partial charge in [-0.1, -0.05) is 77.0 Å². The number of carbonyl (C=O) groups excluding carboxylic acids is 5. The highest BCUT2D eigenvalue weighted by molar-refractivity contribution is 5.84. The molecule has 0 aromatic heterocycles. The predicted molar refractivity (Wildman–Crippen MR) is 227 cm³/mol. The van der Waals surface area contributed by atoms with Crippen LogP contribution in [0.3, 0.4) is 0 Å². The Labute approximate surface area is 363 Å². The lowest BCUT2D eigenvalue weighted by molar-refractivity contribution is -0.144. The number of nitrogens with one attached hydrogen (secondary N) is 2. The fourth-order valence-electron chi connectivity index (χ4n) is 6.05. The lowest BCUT2D eigenvalue weighted by atomic mass is 9.94. The summed E-state index contributed by atoms with van der Waals surface area (Å²) < 4.78 is 31.8. The number of unbranched alkanes of at least 4 members (excludes halogenated alkanes) is 13. The van der Waals surface area contributed by atoms with E-state index in [1.54, 1.807) is 0 Å². The number of carboxylic acid groups (broad SMARTS) is 2. The number of ketones is 3. The van der Waals surface area contributed by atoms with Gasteiger partial charge in [0.15, 0.2) is 11.6 Å². The van der Waals surface area contributed by atoms with Crippen molar-refractivity contribution in [3.63, 3.8) is 0 Å². The molecule has 0 saturated heterocycles. The molecule has 0 spiro atoms. The van der Waals surface area contributed by atoms with Crippen LogP contribution in [0.15, 0.2) is 0 Å². The lowest BCUT2D eigenvalue weighted by Gasteiger charge is -2.12. The topological polar surface area (TPSA) is 239 Å². The van der Waals surface area contributed by atoms with E-state index in [9.17, 15) is 38.7 Å². The van der Waals surface area contributed by atoms with E-state index in [1.807, 2.05) is 0 Å². The van der Waals surface area contributed by atoms with Crippen LogP contribution in [0.2, 0.25) is 0 Å². The Morgan fingerprint density at radius 1 is 0.426 bits per heavy atom. The Kier molecular flexibility index (Phi) is 40.9. The molecular weight excluding hydrogens is 796 g/mol.